The molecule has 28 heavy (non-hydrogen) atoms. The molecule has 0 aliphatic rings. The minimum Gasteiger partial charge on any atom is -0.492 e. The summed E-state index contributed by atoms with van der Waals surface area (Å²) in [5, 5.41) is 11.0. The van der Waals surface area contributed by atoms with Crippen LogP contribution < -0.4 is 10.5 Å². The molecule has 0 fully saturated rings. The zero-order valence-corrected chi connectivity index (χ0v) is 19.2. The van der Waals surface area contributed by atoms with Gasteiger partial charge in [0, 0.05) is 24.7 Å². The Balaban J connectivity index is 2.81. The van der Waals surface area contributed by atoms with Crippen molar-refractivity contribution in [3.05, 3.63) is 32.8 Å². The molecular formula is C19H31ClN2O5Si. The highest BCUT2D eigenvalue weighted by Crippen LogP contribution is 2.42. The van der Waals surface area contributed by atoms with Gasteiger partial charge in [-0.05, 0) is 22.7 Å². The van der Waals surface area contributed by atoms with Crippen molar-refractivity contribution < 1.29 is 18.9 Å². The lowest BCUT2D eigenvalue weighted by atomic mass is 10.2. The average Bonchev–Trinajstić information content (AvgIpc) is 2.57. The summed E-state index contributed by atoms with van der Waals surface area (Å²) in [7, 11) is -1.95. The number of nitrogens with two attached hydrogens (primary N) is 1. The predicted molar refractivity (Wildman–Crippen MR) is 114 cm³/mol. The predicted octanol–water partition coefficient (Wildman–Crippen LogP) is 5.31. The molecule has 1 rings (SSSR count). The molecule has 0 saturated carbocycles. The third kappa shape index (κ3) is 5.45. The molecule has 1 aromatic rings. The monoisotopic (exact) mass is 430 g/mol. The number of nitrogens with zero attached hydrogens (tertiary/aromatic N) is 1. The van der Waals surface area contributed by atoms with Gasteiger partial charge in [-0.1, -0.05) is 53.1 Å². The van der Waals surface area contributed by atoms with Gasteiger partial charge in [-0.25, -0.2) is 0 Å². The summed E-state index contributed by atoms with van der Waals surface area (Å²) in [5.74, 6) is -0.709. The van der Waals surface area contributed by atoms with Crippen molar-refractivity contribution in [2.75, 3.05) is 13.2 Å². The van der Waals surface area contributed by atoms with E-state index in [9.17, 15) is 14.9 Å². The lowest BCUT2D eigenvalue weighted by molar-refractivity contribution is -0.384. The molecule has 2 N–H and O–H groups in total. The second-order valence-corrected chi connectivity index (χ2v) is 13.6. The number of nitro benzene ring substituents is 1. The van der Waals surface area contributed by atoms with Crippen LogP contribution in [0.3, 0.4) is 0 Å². The van der Waals surface area contributed by atoms with Crippen LogP contribution in [0.25, 0.3) is 0 Å². The van der Waals surface area contributed by atoms with Crippen molar-refractivity contribution in [3.8, 4) is 5.75 Å². The Bertz CT molecular complexity index is 688. The number of amides is 1. The number of carbonyl (C=O) groups excluding carboxylic acids is 1. The van der Waals surface area contributed by atoms with Gasteiger partial charge in [0.1, 0.15) is 5.75 Å². The van der Waals surface area contributed by atoms with Crippen molar-refractivity contribution in [1.82, 2.24) is 0 Å². The van der Waals surface area contributed by atoms with E-state index in [1.807, 2.05) is 0 Å². The molecule has 0 aromatic heterocycles. The Kier molecular flexibility index (Phi) is 8.91. The lowest BCUT2D eigenvalue weighted by Gasteiger charge is -2.42. The van der Waals surface area contributed by atoms with Crippen molar-refractivity contribution in [1.29, 1.82) is 0 Å². The molecule has 0 unspecified atom stereocenters. The molecule has 0 radical (unpaired) electrons. The molecular weight excluding hydrogens is 400 g/mol. The van der Waals surface area contributed by atoms with Gasteiger partial charge >= 0.3 is 0 Å². The number of benzene rings is 1. The molecule has 0 atom stereocenters. The fourth-order valence-corrected chi connectivity index (χ4v) is 9.68. The fourth-order valence-electron chi connectivity index (χ4n) is 3.95. The quantitative estimate of drug-likeness (QED) is 0.221. The van der Waals surface area contributed by atoms with Crippen molar-refractivity contribution in [3.63, 3.8) is 0 Å². The van der Waals surface area contributed by atoms with Crippen LogP contribution in [0.4, 0.5) is 5.69 Å². The Morgan fingerprint density at radius 3 is 2.11 bits per heavy atom. The SMILES string of the molecule is CC(C)[Si](OCCCOc1cc(C(N)=O)cc([N+](=O)[O-])c1Cl)(C(C)C)C(C)C. The maximum Gasteiger partial charge on any atom is 0.292 e. The van der Waals surface area contributed by atoms with E-state index < -0.39 is 24.8 Å². The summed E-state index contributed by atoms with van der Waals surface area (Å²) >= 11 is 6.05. The van der Waals surface area contributed by atoms with Gasteiger partial charge in [0.25, 0.3) is 5.69 Å². The zero-order chi connectivity index (χ0) is 21.6. The normalized spacial score (nSPS) is 12.1. The Morgan fingerprint density at radius 1 is 1.14 bits per heavy atom. The number of nitro groups is 1. The summed E-state index contributed by atoms with van der Waals surface area (Å²) in [6, 6.07) is 2.38. The summed E-state index contributed by atoms with van der Waals surface area (Å²) in [6.07, 6.45) is 0.603. The van der Waals surface area contributed by atoms with Gasteiger partial charge in [0.05, 0.1) is 11.5 Å². The highest BCUT2D eigenvalue weighted by Gasteiger charge is 2.44. The third-order valence-corrected chi connectivity index (χ3v) is 11.6. The van der Waals surface area contributed by atoms with Crippen LogP contribution in [0.1, 0.15) is 58.3 Å². The second kappa shape index (κ2) is 10.2. The van der Waals surface area contributed by atoms with Gasteiger partial charge in [-0.3, -0.25) is 14.9 Å². The van der Waals surface area contributed by atoms with Crippen molar-refractivity contribution in [2.24, 2.45) is 5.73 Å². The van der Waals surface area contributed by atoms with E-state index in [2.05, 4.69) is 41.5 Å². The molecule has 0 saturated heterocycles. The van der Waals surface area contributed by atoms with Gasteiger partial charge in [0.2, 0.25) is 5.91 Å². The van der Waals surface area contributed by atoms with E-state index in [0.29, 0.717) is 29.7 Å². The van der Waals surface area contributed by atoms with Crippen LogP contribution in [-0.4, -0.2) is 32.4 Å². The molecule has 0 bridgehead atoms. The van der Waals surface area contributed by atoms with Crippen LogP contribution in [0.2, 0.25) is 21.6 Å². The van der Waals surface area contributed by atoms with Crippen LogP contribution in [0.5, 0.6) is 5.75 Å². The van der Waals surface area contributed by atoms with E-state index in [4.69, 9.17) is 26.5 Å². The first-order valence-electron chi connectivity index (χ1n) is 9.49. The standard InChI is InChI=1S/C19H31ClN2O5Si/c1-12(2)28(13(3)4,14(5)6)27-9-7-8-26-17-11-15(19(21)23)10-16(18(17)20)22(24)25/h10-14H,7-9H2,1-6H3,(H2,21,23). The molecule has 7 nitrogen and oxygen atoms in total. The van der Waals surface area contributed by atoms with E-state index in [1.54, 1.807) is 0 Å². The van der Waals surface area contributed by atoms with Crippen LogP contribution in [-0.2, 0) is 4.43 Å². The number of carbonyl (C=O) groups is 1. The lowest BCUT2D eigenvalue weighted by Crippen LogP contribution is -2.48. The van der Waals surface area contributed by atoms with Crippen molar-refractivity contribution in [2.45, 2.75) is 64.6 Å². The highest BCUT2D eigenvalue weighted by molar-refractivity contribution is 6.77. The second-order valence-electron chi connectivity index (χ2n) is 7.80. The topological polar surface area (TPSA) is 105 Å². The molecule has 158 valence electrons. The minimum atomic E-state index is -1.95. The summed E-state index contributed by atoms with van der Waals surface area (Å²) in [6.45, 7) is 14.1. The van der Waals surface area contributed by atoms with E-state index >= 15 is 0 Å². The molecule has 9 heteroatoms. The molecule has 1 amide bonds. The van der Waals surface area contributed by atoms with E-state index in [-0.39, 0.29) is 22.9 Å². The third-order valence-electron chi connectivity index (χ3n) is 5.11. The minimum absolute atomic E-state index is 0.0202. The maximum absolute atomic E-state index is 11.4. The summed E-state index contributed by atoms with van der Waals surface area (Å²) in [5.41, 5.74) is 6.26. The van der Waals surface area contributed by atoms with Gasteiger partial charge < -0.3 is 14.9 Å². The van der Waals surface area contributed by atoms with Crippen LogP contribution in [0.15, 0.2) is 12.1 Å². The molecule has 0 spiro atoms. The van der Waals surface area contributed by atoms with E-state index in [0.717, 1.165) is 6.07 Å². The van der Waals surface area contributed by atoms with Gasteiger partial charge in [0.15, 0.2) is 13.3 Å². The molecule has 0 aliphatic carbocycles. The van der Waals surface area contributed by atoms with Crippen LogP contribution >= 0.6 is 11.6 Å². The first kappa shape index (κ1) is 24.4. The van der Waals surface area contributed by atoms with Gasteiger partial charge in [-0.2, -0.15) is 0 Å². The van der Waals surface area contributed by atoms with Gasteiger partial charge in [-0.15, -0.1) is 0 Å². The first-order valence-corrected chi connectivity index (χ1v) is 12.0. The number of hydrogen-bond donors (Lipinski definition) is 1. The number of ether oxygens (including phenoxy) is 1. The highest BCUT2D eigenvalue weighted by atomic mass is 35.5. The fraction of sp³-hybridized carbons (Fsp3) is 0.632. The number of hydrogen-bond acceptors (Lipinski definition) is 5. The number of primary amides is 1. The largest absolute Gasteiger partial charge is 0.492 e. The Morgan fingerprint density at radius 2 is 1.68 bits per heavy atom. The zero-order valence-electron chi connectivity index (χ0n) is 17.5. The smallest absolute Gasteiger partial charge is 0.292 e. The maximum atomic E-state index is 11.4. The molecule has 0 aliphatic heterocycles. The molecule has 0 heterocycles. The Labute approximate surface area is 172 Å². The first-order chi connectivity index (χ1) is 12.9. The Hall–Kier alpha value is -1.64. The number of halogens is 1. The molecule has 1 aromatic carbocycles. The number of rotatable bonds is 11. The van der Waals surface area contributed by atoms with Crippen LogP contribution in [0, 0.1) is 10.1 Å². The average molecular weight is 431 g/mol. The summed E-state index contributed by atoms with van der Waals surface area (Å²) < 4.78 is 12.1. The van der Waals surface area contributed by atoms with E-state index in [1.165, 1.54) is 6.07 Å². The summed E-state index contributed by atoms with van der Waals surface area (Å²) in [4.78, 5) is 21.9. The van der Waals surface area contributed by atoms with Crippen molar-refractivity contribution >= 4 is 31.5 Å².